The lowest BCUT2D eigenvalue weighted by atomic mass is 10.1. The van der Waals surface area contributed by atoms with Crippen molar-refractivity contribution >= 4 is 12.4 Å². The van der Waals surface area contributed by atoms with E-state index in [4.69, 9.17) is 0 Å². The molecule has 3 rings (SSSR count). The number of nitrogens with one attached hydrogen (secondary N) is 1. The predicted molar refractivity (Wildman–Crippen MR) is 87.6 cm³/mol. The van der Waals surface area contributed by atoms with Gasteiger partial charge in [0.15, 0.2) is 0 Å². The second-order valence-corrected chi connectivity index (χ2v) is 5.68. The van der Waals surface area contributed by atoms with E-state index in [1.165, 1.54) is 0 Å². The topological polar surface area (TPSA) is 33.1 Å². The van der Waals surface area contributed by atoms with E-state index in [1.807, 2.05) is 43.1 Å². The molecule has 1 fully saturated rings. The van der Waals surface area contributed by atoms with Gasteiger partial charge in [0.25, 0.3) is 0 Å². The van der Waals surface area contributed by atoms with E-state index in [-0.39, 0.29) is 24.3 Å². The van der Waals surface area contributed by atoms with Crippen LogP contribution < -0.4 is 5.32 Å². The van der Waals surface area contributed by atoms with Gasteiger partial charge in [0.05, 0.1) is 6.04 Å². The molecule has 6 heteroatoms. The maximum absolute atomic E-state index is 14.0. The SMILES string of the molecule is Cc1ccc(F)c(CN2CCNCC2c2nccn2C)c1.Cl. The van der Waals surface area contributed by atoms with Crippen molar-refractivity contribution in [2.45, 2.75) is 19.5 Å². The zero-order valence-electron chi connectivity index (χ0n) is 12.9. The number of hydrogen-bond acceptors (Lipinski definition) is 3. The molecule has 4 nitrogen and oxygen atoms in total. The summed E-state index contributed by atoms with van der Waals surface area (Å²) in [5, 5.41) is 3.40. The minimum absolute atomic E-state index is 0. The molecule has 0 saturated carbocycles. The number of imidazole rings is 1. The standard InChI is InChI=1S/C16H21FN4.ClH/c1-12-3-4-14(17)13(9-12)11-21-8-5-18-10-15(21)16-19-6-7-20(16)2;/h3-4,6-7,9,15,18H,5,8,10-11H2,1-2H3;1H. The number of nitrogens with zero attached hydrogens (tertiary/aromatic N) is 3. The van der Waals surface area contributed by atoms with E-state index < -0.39 is 0 Å². The molecule has 0 amide bonds. The van der Waals surface area contributed by atoms with Crippen LogP contribution in [0.3, 0.4) is 0 Å². The lowest BCUT2D eigenvalue weighted by Gasteiger charge is -2.35. The van der Waals surface area contributed by atoms with E-state index in [0.29, 0.717) is 6.54 Å². The molecule has 120 valence electrons. The average Bonchev–Trinajstić information content (AvgIpc) is 2.90. The summed E-state index contributed by atoms with van der Waals surface area (Å²) in [5.41, 5.74) is 1.85. The van der Waals surface area contributed by atoms with Crippen molar-refractivity contribution in [2.24, 2.45) is 7.05 Å². The molecule has 1 aliphatic heterocycles. The molecule has 1 aromatic carbocycles. The van der Waals surface area contributed by atoms with Crippen molar-refractivity contribution in [2.75, 3.05) is 19.6 Å². The molecule has 22 heavy (non-hydrogen) atoms. The molecule has 1 unspecified atom stereocenters. The number of piperazine rings is 1. The summed E-state index contributed by atoms with van der Waals surface area (Å²) in [6.07, 6.45) is 3.77. The van der Waals surface area contributed by atoms with Crippen LogP contribution in [0.1, 0.15) is 23.0 Å². The van der Waals surface area contributed by atoms with Crippen LogP contribution in [-0.4, -0.2) is 34.1 Å². The lowest BCUT2D eigenvalue weighted by molar-refractivity contribution is 0.143. The fraction of sp³-hybridized carbons (Fsp3) is 0.438. The molecule has 1 atom stereocenters. The minimum Gasteiger partial charge on any atom is -0.337 e. The average molecular weight is 325 g/mol. The molecular weight excluding hydrogens is 303 g/mol. The Morgan fingerprint density at radius 1 is 1.41 bits per heavy atom. The van der Waals surface area contributed by atoms with E-state index in [1.54, 1.807) is 6.07 Å². The predicted octanol–water partition coefficient (Wildman–Crippen LogP) is 2.44. The highest BCUT2D eigenvalue weighted by Crippen LogP contribution is 2.23. The Morgan fingerprint density at radius 3 is 2.95 bits per heavy atom. The van der Waals surface area contributed by atoms with Gasteiger partial charge < -0.3 is 9.88 Å². The van der Waals surface area contributed by atoms with Gasteiger partial charge in [-0.15, -0.1) is 12.4 Å². The van der Waals surface area contributed by atoms with Gasteiger partial charge in [-0.05, 0) is 13.0 Å². The fourth-order valence-electron chi connectivity index (χ4n) is 2.93. The van der Waals surface area contributed by atoms with Gasteiger partial charge in [0, 0.05) is 51.2 Å². The molecule has 1 N–H and O–H groups in total. The Labute approximate surface area is 136 Å². The monoisotopic (exact) mass is 324 g/mol. The summed E-state index contributed by atoms with van der Waals surface area (Å²) >= 11 is 0. The highest BCUT2D eigenvalue weighted by Gasteiger charge is 2.27. The Hall–Kier alpha value is -1.43. The molecular formula is C16H22ClFN4. The van der Waals surface area contributed by atoms with Crippen molar-refractivity contribution in [3.8, 4) is 0 Å². The Bertz CT molecular complexity index is 628. The van der Waals surface area contributed by atoms with Crippen LogP contribution in [0.2, 0.25) is 0 Å². The number of halogens is 2. The van der Waals surface area contributed by atoms with Crippen molar-refractivity contribution in [1.29, 1.82) is 0 Å². The molecule has 0 radical (unpaired) electrons. The highest BCUT2D eigenvalue weighted by molar-refractivity contribution is 5.85. The van der Waals surface area contributed by atoms with Gasteiger partial charge >= 0.3 is 0 Å². The third-order valence-corrected chi connectivity index (χ3v) is 4.09. The molecule has 1 aliphatic rings. The van der Waals surface area contributed by atoms with Crippen molar-refractivity contribution in [3.63, 3.8) is 0 Å². The van der Waals surface area contributed by atoms with Gasteiger partial charge in [-0.1, -0.05) is 17.7 Å². The second kappa shape index (κ2) is 7.22. The summed E-state index contributed by atoms with van der Waals surface area (Å²) < 4.78 is 16.0. The van der Waals surface area contributed by atoms with Crippen LogP contribution in [0.15, 0.2) is 30.6 Å². The summed E-state index contributed by atoms with van der Waals surface area (Å²) in [4.78, 5) is 6.76. The third-order valence-electron chi connectivity index (χ3n) is 4.09. The van der Waals surface area contributed by atoms with E-state index in [0.717, 1.165) is 36.6 Å². The van der Waals surface area contributed by atoms with Crippen molar-refractivity contribution in [1.82, 2.24) is 19.8 Å². The molecule has 0 bridgehead atoms. The maximum Gasteiger partial charge on any atom is 0.127 e. The maximum atomic E-state index is 14.0. The first-order valence-corrected chi connectivity index (χ1v) is 7.32. The van der Waals surface area contributed by atoms with Gasteiger partial charge in [0.2, 0.25) is 0 Å². The normalized spacial score (nSPS) is 19.0. The Balaban J connectivity index is 0.00000176. The minimum atomic E-state index is -0.127. The fourth-order valence-corrected chi connectivity index (χ4v) is 2.93. The first kappa shape index (κ1) is 16.9. The van der Waals surface area contributed by atoms with Gasteiger partial charge in [0.1, 0.15) is 11.6 Å². The largest absolute Gasteiger partial charge is 0.337 e. The number of aryl methyl sites for hydroxylation is 2. The zero-order valence-corrected chi connectivity index (χ0v) is 13.7. The first-order chi connectivity index (χ1) is 10.1. The van der Waals surface area contributed by atoms with Crippen LogP contribution in [0, 0.1) is 12.7 Å². The van der Waals surface area contributed by atoms with Crippen LogP contribution in [-0.2, 0) is 13.6 Å². The zero-order chi connectivity index (χ0) is 14.8. The van der Waals surface area contributed by atoms with Crippen molar-refractivity contribution in [3.05, 3.63) is 53.4 Å². The molecule has 1 saturated heterocycles. The van der Waals surface area contributed by atoms with Crippen molar-refractivity contribution < 1.29 is 4.39 Å². The van der Waals surface area contributed by atoms with E-state index in [2.05, 4.69) is 15.2 Å². The molecule has 0 aliphatic carbocycles. The van der Waals surface area contributed by atoms with Crippen LogP contribution in [0.5, 0.6) is 0 Å². The van der Waals surface area contributed by atoms with Gasteiger partial charge in [-0.25, -0.2) is 9.37 Å². The number of aromatic nitrogens is 2. The van der Waals surface area contributed by atoms with E-state index in [9.17, 15) is 4.39 Å². The van der Waals surface area contributed by atoms with Crippen LogP contribution in [0.4, 0.5) is 4.39 Å². The van der Waals surface area contributed by atoms with Gasteiger partial charge in [-0.3, -0.25) is 4.90 Å². The third kappa shape index (κ3) is 3.48. The van der Waals surface area contributed by atoms with Crippen LogP contribution >= 0.6 is 12.4 Å². The number of rotatable bonds is 3. The Kier molecular flexibility index (Phi) is 5.56. The molecule has 1 aromatic heterocycles. The second-order valence-electron chi connectivity index (χ2n) is 5.68. The summed E-state index contributed by atoms with van der Waals surface area (Å²) in [5.74, 6) is 0.896. The highest BCUT2D eigenvalue weighted by atomic mass is 35.5. The molecule has 0 spiro atoms. The summed E-state index contributed by atoms with van der Waals surface area (Å²) in [6.45, 7) is 5.28. The van der Waals surface area contributed by atoms with Gasteiger partial charge in [-0.2, -0.15) is 0 Å². The quantitative estimate of drug-likeness (QED) is 0.941. The van der Waals surface area contributed by atoms with Crippen LogP contribution in [0.25, 0.3) is 0 Å². The number of hydrogen-bond donors (Lipinski definition) is 1. The summed E-state index contributed by atoms with van der Waals surface area (Å²) in [7, 11) is 2.00. The first-order valence-electron chi connectivity index (χ1n) is 7.32. The number of benzene rings is 1. The summed E-state index contributed by atoms with van der Waals surface area (Å²) in [6, 6.07) is 5.49. The lowest BCUT2D eigenvalue weighted by Crippen LogP contribution is -2.46. The molecule has 2 aromatic rings. The van der Waals surface area contributed by atoms with E-state index >= 15 is 0 Å². The Morgan fingerprint density at radius 2 is 2.23 bits per heavy atom. The molecule has 2 heterocycles. The smallest absolute Gasteiger partial charge is 0.127 e.